The van der Waals surface area contributed by atoms with Gasteiger partial charge in [0.05, 0.1) is 0 Å². The van der Waals surface area contributed by atoms with Crippen LogP contribution in [0.1, 0.15) is 24.0 Å². The molecule has 0 bridgehead atoms. The van der Waals surface area contributed by atoms with E-state index in [1.54, 1.807) is 6.92 Å². The van der Waals surface area contributed by atoms with Crippen LogP contribution in [0.4, 0.5) is 0 Å². The number of nitrogens with one attached hydrogen (secondary N) is 2. The minimum Gasteiger partial charge on any atom is -0.374 e. The normalized spacial score (nSPS) is 24.9. The zero-order valence-corrected chi connectivity index (χ0v) is 13.3. The van der Waals surface area contributed by atoms with Gasteiger partial charge >= 0.3 is 0 Å². The van der Waals surface area contributed by atoms with Crippen molar-refractivity contribution in [1.29, 1.82) is 0 Å². The molecule has 5 heteroatoms. The number of carbonyl (C=O) groups excluding carboxylic acids is 1. The SMILES string of the molecule is CC(O)NC(=O)C1=CC2c3cccc4[nH]cc(c34)CC2N(C)C1. The van der Waals surface area contributed by atoms with Crippen LogP contribution in [-0.4, -0.2) is 46.8 Å². The lowest BCUT2D eigenvalue weighted by atomic mass is 9.76. The number of hydrogen-bond donors (Lipinski definition) is 3. The number of aromatic amines is 1. The van der Waals surface area contributed by atoms with E-state index in [9.17, 15) is 9.90 Å². The molecule has 23 heavy (non-hydrogen) atoms. The Morgan fingerprint density at radius 2 is 2.30 bits per heavy atom. The van der Waals surface area contributed by atoms with Gasteiger partial charge in [-0.3, -0.25) is 9.69 Å². The summed E-state index contributed by atoms with van der Waals surface area (Å²) in [7, 11) is 2.07. The van der Waals surface area contributed by atoms with Gasteiger partial charge in [0, 0.05) is 41.2 Å². The fraction of sp³-hybridized carbons (Fsp3) is 0.389. The molecule has 3 unspecified atom stereocenters. The van der Waals surface area contributed by atoms with Crippen molar-refractivity contribution in [1.82, 2.24) is 15.2 Å². The maximum Gasteiger partial charge on any atom is 0.250 e. The summed E-state index contributed by atoms with van der Waals surface area (Å²) in [6, 6.07) is 6.70. The highest BCUT2D eigenvalue weighted by Crippen LogP contribution is 2.41. The average molecular weight is 311 g/mol. The van der Waals surface area contributed by atoms with Gasteiger partial charge in [0.25, 0.3) is 0 Å². The number of H-pyrrole nitrogens is 1. The van der Waals surface area contributed by atoms with Crippen molar-refractivity contribution in [2.24, 2.45) is 0 Å². The van der Waals surface area contributed by atoms with Crippen molar-refractivity contribution >= 4 is 16.8 Å². The second-order valence-corrected chi connectivity index (χ2v) is 6.64. The second-order valence-electron chi connectivity index (χ2n) is 6.64. The number of nitrogens with zero attached hydrogens (tertiary/aromatic N) is 1. The molecule has 120 valence electrons. The molecule has 4 rings (SSSR count). The molecule has 3 N–H and O–H groups in total. The number of amides is 1. The molecule has 1 aliphatic heterocycles. The number of fused-ring (bicyclic) bond motifs is 2. The Balaban J connectivity index is 1.79. The van der Waals surface area contributed by atoms with Gasteiger partial charge in [-0.2, -0.15) is 0 Å². The van der Waals surface area contributed by atoms with Gasteiger partial charge in [-0.15, -0.1) is 0 Å². The minimum atomic E-state index is -0.836. The summed E-state index contributed by atoms with van der Waals surface area (Å²) in [6.07, 6.45) is 4.35. The van der Waals surface area contributed by atoms with E-state index in [1.165, 1.54) is 16.5 Å². The minimum absolute atomic E-state index is 0.183. The quantitative estimate of drug-likeness (QED) is 0.736. The summed E-state index contributed by atoms with van der Waals surface area (Å²) in [5.41, 5.74) is 4.52. The van der Waals surface area contributed by atoms with Crippen molar-refractivity contribution in [3.05, 3.63) is 47.2 Å². The van der Waals surface area contributed by atoms with Crippen LogP contribution in [0.3, 0.4) is 0 Å². The van der Waals surface area contributed by atoms with Crippen LogP contribution in [0, 0.1) is 0 Å². The zero-order valence-electron chi connectivity index (χ0n) is 13.3. The third-order valence-electron chi connectivity index (χ3n) is 5.02. The summed E-state index contributed by atoms with van der Waals surface area (Å²) >= 11 is 0. The summed E-state index contributed by atoms with van der Waals surface area (Å²) in [5, 5.41) is 13.3. The van der Waals surface area contributed by atoms with Crippen LogP contribution in [0.25, 0.3) is 10.9 Å². The lowest BCUT2D eigenvalue weighted by Gasteiger charge is -2.41. The molecule has 0 saturated heterocycles. The molecule has 1 amide bonds. The number of aliphatic hydroxyl groups excluding tert-OH is 1. The summed E-state index contributed by atoms with van der Waals surface area (Å²) in [4.78, 5) is 17.9. The topological polar surface area (TPSA) is 68.4 Å². The zero-order chi connectivity index (χ0) is 16.1. The third-order valence-corrected chi connectivity index (χ3v) is 5.02. The lowest BCUT2D eigenvalue weighted by molar-refractivity contribution is -0.120. The highest BCUT2D eigenvalue weighted by Gasteiger charge is 2.36. The van der Waals surface area contributed by atoms with Gasteiger partial charge in [-0.1, -0.05) is 18.2 Å². The van der Waals surface area contributed by atoms with Crippen LogP contribution < -0.4 is 5.32 Å². The predicted molar refractivity (Wildman–Crippen MR) is 89.1 cm³/mol. The van der Waals surface area contributed by atoms with Gasteiger partial charge in [0.2, 0.25) is 5.91 Å². The van der Waals surface area contributed by atoms with E-state index in [1.807, 2.05) is 0 Å². The van der Waals surface area contributed by atoms with E-state index in [0.717, 1.165) is 17.5 Å². The van der Waals surface area contributed by atoms with Crippen LogP contribution in [0.15, 0.2) is 36.0 Å². The molecule has 0 fully saturated rings. The van der Waals surface area contributed by atoms with E-state index in [4.69, 9.17) is 0 Å². The molecular weight excluding hydrogens is 290 g/mol. The Hall–Kier alpha value is -2.11. The first kappa shape index (κ1) is 14.5. The first-order valence-corrected chi connectivity index (χ1v) is 8.03. The molecule has 0 radical (unpaired) electrons. The third kappa shape index (κ3) is 2.28. The van der Waals surface area contributed by atoms with E-state index >= 15 is 0 Å². The summed E-state index contributed by atoms with van der Waals surface area (Å²) < 4.78 is 0. The van der Waals surface area contributed by atoms with E-state index in [-0.39, 0.29) is 11.8 Å². The van der Waals surface area contributed by atoms with Crippen LogP contribution in [-0.2, 0) is 11.2 Å². The van der Waals surface area contributed by atoms with Gasteiger partial charge in [-0.05, 0) is 37.6 Å². The highest BCUT2D eigenvalue weighted by atomic mass is 16.3. The average Bonchev–Trinajstić information content (AvgIpc) is 2.92. The smallest absolute Gasteiger partial charge is 0.250 e. The number of aromatic nitrogens is 1. The number of hydrogen-bond acceptors (Lipinski definition) is 3. The molecule has 0 spiro atoms. The Kier molecular flexibility index (Phi) is 3.28. The molecule has 0 saturated carbocycles. The molecule has 1 aromatic carbocycles. The van der Waals surface area contributed by atoms with Crippen molar-refractivity contribution in [3.63, 3.8) is 0 Å². The number of rotatable bonds is 2. The van der Waals surface area contributed by atoms with Crippen LogP contribution in [0.2, 0.25) is 0 Å². The number of likely N-dealkylation sites (N-methyl/N-ethyl adjacent to an activating group) is 1. The van der Waals surface area contributed by atoms with Crippen LogP contribution >= 0.6 is 0 Å². The molecule has 1 aromatic heterocycles. The Morgan fingerprint density at radius 1 is 1.48 bits per heavy atom. The van der Waals surface area contributed by atoms with Crippen molar-refractivity contribution in [2.75, 3.05) is 13.6 Å². The van der Waals surface area contributed by atoms with Gasteiger partial charge in [0.15, 0.2) is 0 Å². The fourth-order valence-corrected chi connectivity index (χ4v) is 4.00. The molecule has 3 atom stereocenters. The van der Waals surface area contributed by atoms with Gasteiger partial charge < -0.3 is 15.4 Å². The number of carbonyl (C=O) groups is 1. The van der Waals surface area contributed by atoms with E-state index in [0.29, 0.717) is 12.6 Å². The van der Waals surface area contributed by atoms with Gasteiger partial charge in [-0.25, -0.2) is 0 Å². The molecule has 1 aliphatic carbocycles. The molecule has 2 heterocycles. The largest absolute Gasteiger partial charge is 0.374 e. The fourth-order valence-electron chi connectivity index (χ4n) is 4.00. The highest BCUT2D eigenvalue weighted by molar-refractivity contribution is 5.95. The Morgan fingerprint density at radius 3 is 3.09 bits per heavy atom. The first-order valence-electron chi connectivity index (χ1n) is 8.03. The monoisotopic (exact) mass is 311 g/mol. The van der Waals surface area contributed by atoms with E-state index in [2.05, 4.69) is 52.7 Å². The maximum atomic E-state index is 12.3. The second kappa shape index (κ2) is 5.22. The first-order chi connectivity index (χ1) is 11.0. The summed E-state index contributed by atoms with van der Waals surface area (Å²) in [6.45, 7) is 2.16. The Labute approximate surface area is 135 Å². The molecule has 5 nitrogen and oxygen atoms in total. The molecule has 2 aromatic rings. The lowest BCUT2D eigenvalue weighted by Crippen LogP contribution is -2.47. The van der Waals surface area contributed by atoms with Crippen molar-refractivity contribution in [2.45, 2.75) is 31.5 Å². The number of aliphatic hydroxyl groups is 1. The van der Waals surface area contributed by atoms with Crippen molar-refractivity contribution < 1.29 is 9.90 Å². The van der Waals surface area contributed by atoms with Gasteiger partial charge in [0.1, 0.15) is 6.23 Å². The van der Waals surface area contributed by atoms with Crippen molar-refractivity contribution in [3.8, 4) is 0 Å². The molecule has 2 aliphatic rings. The summed E-state index contributed by atoms with van der Waals surface area (Å²) in [5.74, 6) is 0.0211. The predicted octanol–water partition coefficient (Wildman–Crippen LogP) is 1.50. The maximum absolute atomic E-state index is 12.3. The van der Waals surface area contributed by atoms with Crippen LogP contribution in [0.5, 0.6) is 0 Å². The standard InChI is InChI=1S/C18H21N3O2/c1-10(22)20-18(23)12-6-14-13-4-3-5-15-17(13)11(8-19-15)7-16(14)21(2)9-12/h3-6,8,10,14,16,19,22H,7,9H2,1-2H3,(H,20,23). The number of benzene rings is 1. The Bertz CT molecular complexity index is 806. The molecular formula is C18H21N3O2. The van der Waals surface area contributed by atoms with E-state index < -0.39 is 6.23 Å².